The Morgan fingerprint density at radius 1 is 0.741 bits per heavy atom. The van der Waals surface area contributed by atoms with Crippen LogP contribution < -0.4 is 5.73 Å². The van der Waals surface area contributed by atoms with Crippen molar-refractivity contribution in [3.63, 3.8) is 0 Å². The zero-order chi connectivity index (χ0) is 18.7. The number of carbonyl (C=O) groups is 2. The molecule has 4 unspecified atom stereocenters. The van der Waals surface area contributed by atoms with Gasteiger partial charge in [0.05, 0.1) is 12.0 Å². The Morgan fingerprint density at radius 2 is 1.15 bits per heavy atom. The van der Waals surface area contributed by atoms with Gasteiger partial charge in [-0.15, -0.1) is 0 Å². The Morgan fingerprint density at radius 3 is 1.56 bits per heavy atom. The summed E-state index contributed by atoms with van der Waals surface area (Å²) in [5.74, 6) is 2.34. The second kappa shape index (κ2) is 4.98. The van der Waals surface area contributed by atoms with Crippen LogP contribution in [0.3, 0.4) is 0 Å². The van der Waals surface area contributed by atoms with Crippen LogP contribution >= 0.6 is 0 Å². The molecule has 27 heavy (non-hydrogen) atoms. The number of ketones is 1. The molecular weight excluding hydrogens is 338 g/mol. The Hall–Kier alpha value is -0.900. The predicted octanol–water partition coefficient (Wildman–Crippen LogP) is 3.77. The second-order valence-electron chi connectivity index (χ2n) is 12.0. The fourth-order valence-corrected chi connectivity index (χ4v) is 10.6. The van der Waals surface area contributed by atoms with Gasteiger partial charge >= 0.3 is 5.97 Å². The van der Waals surface area contributed by atoms with Gasteiger partial charge in [-0.25, -0.2) is 0 Å². The maximum absolute atomic E-state index is 13.0. The second-order valence-corrected chi connectivity index (χ2v) is 12.0. The number of carboxylic acids is 1. The van der Waals surface area contributed by atoms with E-state index in [0.717, 1.165) is 38.5 Å². The lowest BCUT2D eigenvalue weighted by atomic mass is 9.31. The van der Waals surface area contributed by atoms with Crippen LogP contribution in [0.5, 0.6) is 0 Å². The first-order chi connectivity index (χ1) is 12.8. The quantitative estimate of drug-likeness (QED) is 0.788. The molecule has 0 heterocycles. The van der Waals surface area contributed by atoms with Gasteiger partial charge in [0.1, 0.15) is 0 Å². The highest BCUT2D eigenvalue weighted by atomic mass is 16.4. The fourth-order valence-electron chi connectivity index (χ4n) is 10.6. The number of carboxylic acid groups (broad SMARTS) is 1. The standard InChI is InChI=1S/C23H33NO3/c24-11-18(25)20-3-14-1-15(4-20)8-22(7-14,12-20)23-9-16-2-17(10-23)6-21(5-16,13-23)19(26)27/h14-17H,1-13,24H2,(H,26,27). The molecule has 0 spiro atoms. The average Bonchev–Trinajstić information content (AvgIpc) is 2.58. The number of nitrogens with two attached hydrogens (primary N) is 1. The number of hydrogen-bond donors (Lipinski definition) is 2. The molecule has 8 aliphatic carbocycles. The minimum Gasteiger partial charge on any atom is -0.481 e. The summed E-state index contributed by atoms with van der Waals surface area (Å²) in [6.45, 7) is 0.187. The van der Waals surface area contributed by atoms with Crippen LogP contribution in [-0.4, -0.2) is 23.4 Å². The van der Waals surface area contributed by atoms with Crippen LogP contribution in [0.15, 0.2) is 0 Å². The molecule has 0 amide bonds. The van der Waals surface area contributed by atoms with Gasteiger partial charge in [-0.3, -0.25) is 9.59 Å². The van der Waals surface area contributed by atoms with E-state index in [1.54, 1.807) is 0 Å². The van der Waals surface area contributed by atoms with E-state index in [4.69, 9.17) is 5.73 Å². The van der Waals surface area contributed by atoms with Crippen molar-refractivity contribution in [2.24, 2.45) is 51.1 Å². The van der Waals surface area contributed by atoms with Crippen molar-refractivity contribution in [2.45, 2.75) is 77.0 Å². The number of hydrogen-bond acceptors (Lipinski definition) is 3. The summed E-state index contributed by atoms with van der Waals surface area (Å²) in [5, 5.41) is 10.2. The zero-order valence-corrected chi connectivity index (χ0v) is 16.3. The van der Waals surface area contributed by atoms with Crippen molar-refractivity contribution in [3.8, 4) is 0 Å². The number of rotatable bonds is 4. The summed E-state index contributed by atoms with van der Waals surface area (Å²) in [7, 11) is 0. The van der Waals surface area contributed by atoms with Gasteiger partial charge in [0, 0.05) is 5.41 Å². The highest BCUT2D eigenvalue weighted by molar-refractivity contribution is 5.87. The van der Waals surface area contributed by atoms with Gasteiger partial charge in [0.15, 0.2) is 5.78 Å². The largest absolute Gasteiger partial charge is 0.481 e. The fraction of sp³-hybridized carbons (Fsp3) is 0.913. The molecular formula is C23H33NO3. The monoisotopic (exact) mass is 371 g/mol. The first-order valence-corrected chi connectivity index (χ1v) is 11.3. The molecule has 8 bridgehead atoms. The van der Waals surface area contributed by atoms with Gasteiger partial charge in [0.25, 0.3) is 0 Å². The van der Waals surface area contributed by atoms with E-state index in [-0.39, 0.29) is 22.8 Å². The molecule has 148 valence electrons. The Labute approximate surface area is 161 Å². The minimum absolute atomic E-state index is 0.168. The third-order valence-electron chi connectivity index (χ3n) is 10.5. The molecule has 8 saturated carbocycles. The average molecular weight is 372 g/mol. The summed E-state index contributed by atoms with van der Waals surface area (Å²) in [4.78, 5) is 25.4. The van der Waals surface area contributed by atoms with Crippen LogP contribution in [0.4, 0.5) is 0 Å². The van der Waals surface area contributed by atoms with Crippen molar-refractivity contribution < 1.29 is 14.7 Å². The lowest BCUT2D eigenvalue weighted by Gasteiger charge is -2.73. The minimum atomic E-state index is -0.529. The predicted molar refractivity (Wildman–Crippen MR) is 101 cm³/mol. The van der Waals surface area contributed by atoms with Crippen LogP contribution in [0.25, 0.3) is 0 Å². The van der Waals surface area contributed by atoms with Crippen LogP contribution in [-0.2, 0) is 9.59 Å². The van der Waals surface area contributed by atoms with Crippen LogP contribution in [0.2, 0.25) is 0 Å². The SMILES string of the molecule is NCC(=O)C12CC3CC(C1)CC(C14CC5CC(CC(C(=O)O)(C5)C1)C4)(C3)C2. The third kappa shape index (κ3) is 1.99. The van der Waals surface area contributed by atoms with Gasteiger partial charge in [0.2, 0.25) is 0 Å². The summed E-state index contributed by atoms with van der Waals surface area (Å²) < 4.78 is 0. The van der Waals surface area contributed by atoms with Crippen LogP contribution in [0.1, 0.15) is 77.0 Å². The van der Waals surface area contributed by atoms with Crippen molar-refractivity contribution in [3.05, 3.63) is 0 Å². The van der Waals surface area contributed by atoms with E-state index >= 15 is 0 Å². The van der Waals surface area contributed by atoms with E-state index in [9.17, 15) is 14.7 Å². The molecule has 0 aliphatic heterocycles. The van der Waals surface area contributed by atoms with E-state index in [1.807, 2.05) is 0 Å². The molecule has 0 aromatic carbocycles. The maximum Gasteiger partial charge on any atom is 0.309 e. The molecule has 8 aliphatic rings. The highest BCUT2D eigenvalue weighted by Crippen LogP contribution is 2.78. The first kappa shape index (κ1) is 17.0. The van der Waals surface area contributed by atoms with Crippen LogP contribution in [0, 0.1) is 45.3 Å². The Kier molecular flexibility index (Phi) is 3.14. The lowest BCUT2D eigenvalue weighted by Crippen LogP contribution is -2.66. The summed E-state index contributed by atoms with van der Waals surface area (Å²) in [6, 6.07) is 0. The molecule has 0 aromatic heterocycles. The van der Waals surface area contributed by atoms with Crippen molar-refractivity contribution in [1.29, 1.82) is 0 Å². The van der Waals surface area contributed by atoms with Crippen molar-refractivity contribution in [1.82, 2.24) is 0 Å². The summed E-state index contributed by atoms with van der Waals surface area (Å²) in [6.07, 6.45) is 13.4. The molecule has 4 nitrogen and oxygen atoms in total. The molecule has 8 rings (SSSR count). The third-order valence-corrected chi connectivity index (χ3v) is 10.5. The molecule has 3 N–H and O–H groups in total. The number of carbonyl (C=O) groups excluding carboxylic acids is 1. The first-order valence-electron chi connectivity index (χ1n) is 11.3. The van der Waals surface area contributed by atoms with Crippen molar-refractivity contribution >= 4 is 11.8 Å². The van der Waals surface area contributed by atoms with Gasteiger partial charge in [-0.2, -0.15) is 0 Å². The topological polar surface area (TPSA) is 80.4 Å². The van der Waals surface area contributed by atoms with E-state index in [1.165, 1.54) is 38.5 Å². The molecule has 4 atom stereocenters. The summed E-state index contributed by atoms with van der Waals surface area (Å²) >= 11 is 0. The lowest BCUT2D eigenvalue weighted by molar-refractivity contribution is -0.238. The normalized spacial score (nSPS) is 57.2. The van der Waals surface area contributed by atoms with Crippen molar-refractivity contribution in [2.75, 3.05) is 6.54 Å². The molecule has 0 aromatic rings. The number of Topliss-reactive ketones (excluding diaryl/α,β-unsaturated/α-hetero) is 1. The Balaban J connectivity index is 1.45. The molecule has 4 heteroatoms. The zero-order valence-electron chi connectivity index (χ0n) is 16.3. The number of aliphatic carboxylic acids is 1. The smallest absolute Gasteiger partial charge is 0.309 e. The maximum atomic E-state index is 13.0. The highest BCUT2D eigenvalue weighted by Gasteiger charge is 2.71. The van der Waals surface area contributed by atoms with E-state index in [2.05, 4.69) is 0 Å². The van der Waals surface area contributed by atoms with Gasteiger partial charge in [-0.05, 0) is 112 Å². The summed E-state index contributed by atoms with van der Waals surface area (Å²) in [5.41, 5.74) is 5.66. The van der Waals surface area contributed by atoms with Gasteiger partial charge in [-0.1, -0.05) is 0 Å². The molecule has 0 saturated heterocycles. The Bertz CT molecular complexity index is 699. The van der Waals surface area contributed by atoms with E-state index in [0.29, 0.717) is 29.5 Å². The molecule has 0 radical (unpaired) electrons. The van der Waals surface area contributed by atoms with E-state index < -0.39 is 11.4 Å². The van der Waals surface area contributed by atoms with Gasteiger partial charge < -0.3 is 10.8 Å². The molecule has 8 fully saturated rings.